The Bertz CT molecular complexity index is 221. The molecule has 0 radical (unpaired) electrons. The number of nitrogens with one attached hydrogen (secondary N) is 1. The summed E-state index contributed by atoms with van der Waals surface area (Å²) in [6.45, 7) is 8.82. The van der Waals surface area contributed by atoms with Crippen molar-refractivity contribution in [3.05, 3.63) is 0 Å². The largest absolute Gasteiger partial charge is 0.317 e. The van der Waals surface area contributed by atoms with Crippen LogP contribution in [-0.2, 0) is 0 Å². The van der Waals surface area contributed by atoms with E-state index < -0.39 is 0 Å². The molecule has 0 amide bonds. The zero-order valence-electron chi connectivity index (χ0n) is 11.3. The normalized spacial score (nSPS) is 35.4. The lowest BCUT2D eigenvalue weighted by molar-refractivity contribution is 0.101. The van der Waals surface area contributed by atoms with Crippen molar-refractivity contribution in [1.82, 2.24) is 10.2 Å². The first-order chi connectivity index (χ1) is 7.63. The Morgan fingerprint density at radius 2 is 2.00 bits per heavy atom. The van der Waals surface area contributed by atoms with Crippen LogP contribution in [0.1, 0.15) is 46.0 Å². The molecular formula is C14H28N2. The van der Waals surface area contributed by atoms with Crippen LogP contribution in [0, 0.1) is 11.3 Å². The molecular weight excluding hydrogens is 196 g/mol. The second-order valence-electron chi connectivity index (χ2n) is 6.41. The van der Waals surface area contributed by atoms with Crippen molar-refractivity contribution in [2.75, 3.05) is 26.7 Å². The average molecular weight is 224 g/mol. The molecule has 2 atom stereocenters. The lowest BCUT2D eigenvalue weighted by Crippen LogP contribution is -2.49. The quantitative estimate of drug-likeness (QED) is 0.792. The highest BCUT2D eigenvalue weighted by Gasteiger charge is 2.33. The number of likely N-dealkylation sites (tertiary alicyclic amines) is 1. The van der Waals surface area contributed by atoms with E-state index >= 15 is 0 Å². The minimum Gasteiger partial charge on any atom is -0.317 e. The first-order valence-electron chi connectivity index (χ1n) is 7.03. The van der Waals surface area contributed by atoms with Crippen molar-refractivity contribution in [1.29, 1.82) is 0 Å². The lowest BCUT2D eigenvalue weighted by Gasteiger charge is -2.40. The Balaban J connectivity index is 1.83. The zero-order valence-corrected chi connectivity index (χ0v) is 11.3. The smallest absolute Gasteiger partial charge is 0.0114 e. The first-order valence-corrected chi connectivity index (χ1v) is 7.03. The molecule has 2 unspecified atom stereocenters. The van der Waals surface area contributed by atoms with Crippen molar-refractivity contribution >= 4 is 0 Å². The molecule has 1 aliphatic carbocycles. The van der Waals surface area contributed by atoms with Gasteiger partial charge in [-0.1, -0.05) is 26.7 Å². The Kier molecular flexibility index (Phi) is 3.91. The van der Waals surface area contributed by atoms with Crippen LogP contribution < -0.4 is 5.32 Å². The van der Waals surface area contributed by atoms with Crippen LogP contribution >= 0.6 is 0 Å². The van der Waals surface area contributed by atoms with E-state index in [-0.39, 0.29) is 0 Å². The Hall–Kier alpha value is -0.0800. The predicted octanol–water partition coefficient (Wildman–Crippen LogP) is 2.50. The standard InChI is InChI=1S/C14H28N2/c1-12-10-16(9-6-13(12)15-3)11-14(2)7-4-5-8-14/h12-13,15H,4-11H2,1-3H3. The van der Waals surface area contributed by atoms with Gasteiger partial charge in [-0.25, -0.2) is 0 Å². The van der Waals surface area contributed by atoms with Gasteiger partial charge in [-0.3, -0.25) is 0 Å². The molecule has 1 aliphatic heterocycles. The first kappa shape index (κ1) is 12.4. The lowest BCUT2D eigenvalue weighted by atomic mass is 9.86. The van der Waals surface area contributed by atoms with Gasteiger partial charge in [0.25, 0.3) is 0 Å². The highest BCUT2D eigenvalue weighted by atomic mass is 15.2. The summed E-state index contributed by atoms with van der Waals surface area (Å²) in [6, 6.07) is 0.743. The van der Waals surface area contributed by atoms with Crippen molar-refractivity contribution in [3.8, 4) is 0 Å². The van der Waals surface area contributed by atoms with Gasteiger partial charge in [0.05, 0.1) is 0 Å². The maximum absolute atomic E-state index is 3.45. The topological polar surface area (TPSA) is 15.3 Å². The molecule has 2 rings (SSSR count). The van der Waals surface area contributed by atoms with E-state index in [0.29, 0.717) is 5.41 Å². The van der Waals surface area contributed by atoms with E-state index in [1.165, 1.54) is 51.7 Å². The number of rotatable bonds is 3. The number of hydrogen-bond acceptors (Lipinski definition) is 2. The SMILES string of the molecule is CNC1CCN(CC2(C)CCCC2)CC1C. The summed E-state index contributed by atoms with van der Waals surface area (Å²) >= 11 is 0. The van der Waals surface area contributed by atoms with Gasteiger partial charge in [0.1, 0.15) is 0 Å². The maximum atomic E-state index is 3.45. The number of piperidine rings is 1. The van der Waals surface area contributed by atoms with Crippen LogP contribution in [0.5, 0.6) is 0 Å². The molecule has 2 heteroatoms. The molecule has 0 aromatic heterocycles. The van der Waals surface area contributed by atoms with Gasteiger partial charge < -0.3 is 10.2 Å². The van der Waals surface area contributed by atoms with Crippen LogP contribution in [0.15, 0.2) is 0 Å². The summed E-state index contributed by atoms with van der Waals surface area (Å²) in [5.41, 5.74) is 0.631. The summed E-state index contributed by atoms with van der Waals surface area (Å²) in [6.07, 6.45) is 7.15. The molecule has 0 aromatic rings. The summed E-state index contributed by atoms with van der Waals surface area (Å²) in [5, 5.41) is 3.45. The molecule has 94 valence electrons. The van der Waals surface area contributed by atoms with Crippen LogP contribution in [-0.4, -0.2) is 37.6 Å². The molecule has 2 fully saturated rings. The third-order valence-corrected chi connectivity index (χ3v) is 4.78. The maximum Gasteiger partial charge on any atom is 0.0114 e. The average Bonchev–Trinajstić information content (AvgIpc) is 2.65. The van der Waals surface area contributed by atoms with Crippen LogP contribution in [0.4, 0.5) is 0 Å². The highest BCUT2D eigenvalue weighted by Crippen LogP contribution is 2.38. The van der Waals surface area contributed by atoms with Gasteiger partial charge >= 0.3 is 0 Å². The summed E-state index contributed by atoms with van der Waals surface area (Å²) < 4.78 is 0. The zero-order chi connectivity index (χ0) is 11.6. The third-order valence-electron chi connectivity index (χ3n) is 4.78. The van der Waals surface area contributed by atoms with E-state index in [9.17, 15) is 0 Å². The van der Waals surface area contributed by atoms with Crippen LogP contribution in [0.3, 0.4) is 0 Å². The fraction of sp³-hybridized carbons (Fsp3) is 1.00. The van der Waals surface area contributed by atoms with E-state index in [1.807, 2.05) is 0 Å². The fourth-order valence-electron chi connectivity index (χ4n) is 3.73. The van der Waals surface area contributed by atoms with E-state index in [2.05, 4.69) is 31.1 Å². The highest BCUT2D eigenvalue weighted by molar-refractivity contribution is 4.88. The Morgan fingerprint density at radius 1 is 1.31 bits per heavy atom. The van der Waals surface area contributed by atoms with Crippen molar-refractivity contribution in [3.63, 3.8) is 0 Å². The summed E-state index contributed by atoms with van der Waals surface area (Å²) in [4.78, 5) is 2.71. The Labute approximate surface area is 101 Å². The molecule has 0 aromatic carbocycles. The van der Waals surface area contributed by atoms with Gasteiger partial charge in [-0.05, 0) is 44.2 Å². The monoisotopic (exact) mass is 224 g/mol. The molecule has 16 heavy (non-hydrogen) atoms. The fourth-order valence-corrected chi connectivity index (χ4v) is 3.73. The van der Waals surface area contributed by atoms with Crippen LogP contribution in [0.25, 0.3) is 0 Å². The molecule has 2 nitrogen and oxygen atoms in total. The van der Waals surface area contributed by atoms with Crippen molar-refractivity contribution in [2.45, 2.75) is 52.0 Å². The molecule has 1 N–H and O–H groups in total. The molecule has 0 bridgehead atoms. The van der Waals surface area contributed by atoms with Gasteiger partial charge in [0.15, 0.2) is 0 Å². The van der Waals surface area contributed by atoms with Crippen LogP contribution in [0.2, 0.25) is 0 Å². The molecule has 1 saturated carbocycles. The molecule has 1 heterocycles. The van der Waals surface area contributed by atoms with Crippen molar-refractivity contribution in [2.24, 2.45) is 11.3 Å². The van der Waals surface area contributed by atoms with Crippen molar-refractivity contribution < 1.29 is 0 Å². The van der Waals surface area contributed by atoms with Gasteiger partial charge in [0, 0.05) is 19.1 Å². The molecule has 1 saturated heterocycles. The third kappa shape index (κ3) is 2.78. The summed E-state index contributed by atoms with van der Waals surface area (Å²) in [7, 11) is 2.11. The number of hydrogen-bond donors (Lipinski definition) is 1. The Morgan fingerprint density at radius 3 is 2.56 bits per heavy atom. The minimum absolute atomic E-state index is 0.631. The van der Waals surface area contributed by atoms with E-state index in [4.69, 9.17) is 0 Å². The minimum atomic E-state index is 0.631. The van der Waals surface area contributed by atoms with Gasteiger partial charge in [0.2, 0.25) is 0 Å². The van der Waals surface area contributed by atoms with E-state index in [0.717, 1.165) is 12.0 Å². The molecule has 0 spiro atoms. The van der Waals surface area contributed by atoms with Gasteiger partial charge in [-0.15, -0.1) is 0 Å². The van der Waals surface area contributed by atoms with E-state index in [1.54, 1.807) is 0 Å². The second kappa shape index (κ2) is 5.05. The number of nitrogens with zero attached hydrogens (tertiary/aromatic N) is 1. The van der Waals surface area contributed by atoms with Gasteiger partial charge in [-0.2, -0.15) is 0 Å². The summed E-state index contributed by atoms with van der Waals surface area (Å²) in [5.74, 6) is 0.809. The molecule has 2 aliphatic rings. The predicted molar refractivity (Wildman–Crippen MR) is 69.6 cm³/mol. The second-order valence-corrected chi connectivity index (χ2v) is 6.41.